The first-order valence-corrected chi connectivity index (χ1v) is 5.36. The van der Waals surface area contributed by atoms with Crippen LogP contribution in [0.4, 0.5) is 0 Å². The highest BCUT2D eigenvalue weighted by Crippen LogP contribution is 2.26. The average Bonchev–Trinajstić information content (AvgIpc) is 2.37. The van der Waals surface area contributed by atoms with Crippen molar-refractivity contribution < 1.29 is 34.1 Å². The minimum Gasteiger partial charge on any atom is -0.480 e. The number of nitrogens with zero attached hydrogens (tertiary/aromatic N) is 1. The predicted molar refractivity (Wildman–Crippen MR) is 61.7 cm³/mol. The largest absolute Gasteiger partial charge is 0.480 e. The Bertz CT molecular complexity index is 427. The Balaban J connectivity index is 2.99. The number of carboxylic acids is 2. The molecule has 0 saturated heterocycles. The quantitative estimate of drug-likeness (QED) is 0.633. The molecule has 1 aliphatic heterocycles. The van der Waals surface area contributed by atoms with Crippen LogP contribution in [0.5, 0.6) is 0 Å². The molecule has 8 heteroatoms. The van der Waals surface area contributed by atoms with Gasteiger partial charge in [-0.25, -0.2) is 9.59 Å². The molecule has 0 aromatic heterocycles. The van der Waals surface area contributed by atoms with Crippen LogP contribution in [0.3, 0.4) is 0 Å². The van der Waals surface area contributed by atoms with E-state index >= 15 is 0 Å². The van der Waals surface area contributed by atoms with Crippen molar-refractivity contribution in [3.63, 3.8) is 0 Å². The van der Waals surface area contributed by atoms with Crippen LogP contribution in [0.1, 0.15) is 6.42 Å². The number of carboxylic acid groups (broad SMARTS) is 2. The molecule has 0 unspecified atom stereocenters. The fourth-order valence-corrected chi connectivity index (χ4v) is 1.47. The Morgan fingerprint density at radius 2 is 1.95 bits per heavy atom. The van der Waals surface area contributed by atoms with Crippen molar-refractivity contribution >= 4 is 11.9 Å². The highest BCUT2D eigenvalue weighted by atomic mass is 16.7. The van der Waals surface area contributed by atoms with E-state index in [0.29, 0.717) is 0 Å². The van der Waals surface area contributed by atoms with Crippen LogP contribution in [0.15, 0.2) is 23.2 Å². The molecule has 0 spiro atoms. The molecular weight excluding hydrogens is 258 g/mol. The molecule has 0 fully saturated rings. The summed E-state index contributed by atoms with van der Waals surface area (Å²) < 4.78 is 9.75. The number of hydrogen-bond donors (Lipinski definition) is 2. The Labute approximate surface area is 109 Å². The first kappa shape index (κ1) is 15.0. The van der Waals surface area contributed by atoms with Gasteiger partial charge in [0.1, 0.15) is 5.57 Å². The molecule has 0 amide bonds. The van der Waals surface area contributed by atoms with Gasteiger partial charge in [-0.15, -0.1) is 0 Å². The summed E-state index contributed by atoms with van der Waals surface area (Å²) in [6, 6.07) is 0. The second-order valence-electron chi connectivity index (χ2n) is 3.58. The van der Waals surface area contributed by atoms with Crippen molar-refractivity contribution in [3.05, 3.63) is 23.2 Å². The van der Waals surface area contributed by atoms with Crippen LogP contribution in [0.25, 0.3) is 0 Å². The molecule has 0 aromatic rings. The van der Waals surface area contributed by atoms with E-state index in [2.05, 4.69) is 0 Å². The molecule has 1 heterocycles. The normalized spacial score (nSPS) is 15.3. The summed E-state index contributed by atoms with van der Waals surface area (Å²) in [5.74, 6) is -2.52. The van der Waals surface area contributed by atoms with Crippen molar-refractivity contribution in [2.24, 2.45) is 0 Å². The number of hydrogen-bond acceptors (Lipinski definition) is 6. The van der Waals surface area contributed by atoms with Gasteiger partial charge in [-0.3, -0.25) is 4.84 Å². The van der Waals surface area contributed by atoms with Crippen LogP contribution >= 0.6 is 0 Å². The number of ether oxygens (including phenoxy) is 2. The molecule has 0 aliphatic carbocycles. The fourth-order valence-electron chi connectivity index (χ4n) is 1.47. The van der Waals surface area contributed by atoms with Crippen LogP contribution in [-0.2, 0) is 23.9 Å². The summed E-state index contributed by atoms with van der Waals surface area (Å²) in [4.78, 5) is 27.3. The van der Waals surface area contributed by atoms with E-state index in [9.17, 15) is 9.59 Å². The first-order chi connectivity index (χ1) is 9.01. The third-order valence-corrected chi connectivity index (χ3v) is 2.34. The van der Waals surface area contributed by atoms with Crippen molar-refractivity contribution in [3.8, 4) is 0 Å². The van der Waals surface area contributed by atoms with Crippen molar-refractivity contribution in [1.82, 2.24) is 5.06 Å². The predicted octanol–water partition coefficient (Wildman–Crippen LogP) is 0.181. The zero-order valence-electron chi connectivity index (χ0n) is 10.6. The maximum absolute atomic E-state index is 11.1. The standard InChI is InChI=1S/C11H15NO7/c1-17-3-4-19-12-6-7(10(13)14)5-8(11(15)16)9(12)18-2/h6H,3-5H2,1-2H3,(H,13,14)(H,15,16). The lowest BCUT2D eigenvalue weighted by Gasteiger charge is -2.27. The maximum Gasteiger partial charge on any atom is 0.337 e. The van der Waals surface area contributed by atoms with Crippen LogP contribution in [-0.4, -0.2) is 54.6 Å². The van der Waals surface area contributed by atoms with Crippen LogP contribution < -0.4 is 0 Å². The fraction of sp³-hybridized carbons (Fsp3) is 0.455. The van der Waals surface area contributed by atoms with Crippen molar-refractivity contribution in [2.45, 2.75) is 6.42 Å². The molecule has 0 atom stereocenters. The topological polar surface area (TPSA) is 106 Å². The first-order valence-electron chi connectivity index (χ1n) is 5.36. The van der Waals surface area contributed by atoms with Gasteiger partial charge in [-0.1, -0.05) is 0 Å². The number of rotatable bonds is 7. The third kappa shape index (κ3) is 3.70. The minimum atomic E-state index is -1.26. The molecule has 1 rings (SSSR count). The summed E-state index contributed by atoms with van der Waals surface area (Å²) in [6.45, 7) is 0.395. The Hall–Kier alpha value is -2.06. The van der Waals surface area contributed by atoms with Gasteiger partial charge in [0.05, 0.1) is 25.9 Å². The van der Waals surface area contributed by atoms with Crippen molar-refractivity contribution in [2.75, 3.05) is 27.4 Å². The lowest BCUT2D eigenvalue weighted by Crippen LogP contribution is -2.29. The minimum absolute atomic E-state index is 0.0476. The number of carbonyl (C=O) groups is 2. The molecule has 1 aliphatic rings. The molecule has 19 heavy (non-hydrogen) atoms. The van der Waals surface area contributed by atoms with Gasteiger partial charge in [-0.2, -0.15) is 5.06 Å². The monoisotopic (exact) mass is 273 g/mol. The van der Waals surface area contributed by atoms with E-state index in [1.54, 1.807) is 0 Å². The van der Waals surface area contributed by atoms with Crippen molar-refractivity contribution in [1.29, 1.82) is 0 Å². The van der Waals surface area contributed by atoms with E-state index in [1.165, 1.54) is 20.4 Å². The van der Waals surface area contributed by atoms with Crippen LogP contribution in [0.2, 0.25) is 0 Å². The number of methoxy groups -OCH3 is 2. The van der Waals surface area contributed by atoms with E-state index in [0.717, 1.165) is 5.06 Å². The summed E-state index contributed by atoms with van der Waals surface area (Å²) >= 11 is 0. The summed E-state index contributed by atoms with van der Waals surface area (Å²) in [7, 11) is 2.76. The summed E-state index contributed by atoms with van der Waals surface area (Å²) in [5, 5.41) is 19.0. The van der Waals surface area contributed by atoms with Gasteiger partial charge in [0.2, 0.25) is 5.88 Å². The Morgan fingerprint density at radius 1 is 1.26 bits per heavy atom. The lowest BCUT2D eigenvalue weighted by molar-refractivity contribution is -0.148. The second kappa shape index (κ2) is 6.76. The van der Waals surface area contributed by atoms with Gasteiger partial charge in [-0.05, 0) is 0 Å². The maximum atomic E-state index is 11.1. The molecule has 0 aromatic carbocycles. The molecule has 106 valence electrons. The molecule has 0 bridgehead atoms. The summed E-state index contributed by atoms with van der Waals surface area (Å²) in [5.41, 5.74) is -0.282. The van der Waals surface area contributed by atoms with Gasteiger partial charge < -0.3 is 19.7 Å². The van der Waals surface area contributed by atoms with E-state index < -0.39 is 11.9 Å². The Kier molecular flexibility index (Phi) is 5.34. The average molecular weight is 273 g/mol. The molecule has 0 radical (unpaired) electrons. The molecule has 0 saturated carbocycles. The Morgan fingerprint density at radius 3 is 2.42 bits per heavy atom. The summed E-state index contributed by atoms with van der Waals surface area (Å²) in [6.07, 6.45) is 0.946. The van der Waals surface area contributed by atoms with Gasteiger partial charge in [0.15, 0.2) is 0 Å². The SMILES string of the molecule is COCCON1C=C(C(=O)O)CC(C(=O)O)=C1OC. The zero-order valence-corrected chi connectivity index (χ0v) is 10.6. The number of hydroxylamine groups is 2. The van der Waals surface area contributed by atoms with Crippen LogP contribution in [0, 0.1) is 0 Å². The van der Waals surface area contributed by atoms with E-state index in [-0.39, 0.29) is 36.7 Å². The molecular formula is C11H15NO7. The van der Waals surface area contributed by atoms with E-state index in [4.69, 9.17) is 24.5 Å². The smallest absolute Gasteiger partial charge is 0.337 e. The zero-order chi connectivity index (χ0) is 14.4. The lowest BCUT2D eigenvalue weighted by atomic mass is 10.0. The van der Waals surface area contributed by atoms with Gasteiger partial charge >= 0.3 is 11.9 Å². The second-order valence-corrected chi connectivity index (χ2v) is 3.58. The molecule has 2 N–H and O–H groups in total. The highest BCUT2D eigenvalue weighted by molar-refractivity contribution is 5.94. The van der Waals surface area contributed by atoms with Gasteiger partial charge in [0.25, 0.3) is 0 Å². The number of aliphatic carboxylic acids is 2. The van der Waals surface area contributed by atoms with E-state index in [1.807, 2.05) is 0 Å². The third-order valence-electron chi connectivity index (χ3n) is 2.34. The highest BCUT2D eigenvalue weighted by Gasteiger charge is 2.29. The van der Waals surface area contributed by atoms with Gasteiger partial charge in [0, 0.05) is 19.7 Å². The molecule has 8 nitrogen and oxygen atoms in total.